The molecule has 0 saturated heterocycles. The Hall–Kier alpha value is -3.07. The number of amides is 1. The third kappa shape index (κ3) is 6.21. The van der Waals surface area contributed by atoms with E-state index in [4.69, 9.17) is 4.74 Å². The first-order chi connectivity index (χ1) is 13.8. The highest BCUT2D eigenvalue weighted by Crippen LogP contribution is 2.16. The fourth-order valence-electron chi connectivity index (χ4n) is 2.64. The van der Waals surface area contributed by atoms with Crippen molar-refractivity contribution in [2.45, 2.75) is 19.7 Å². The van der Waals surface area contributed by atoms with Gasteiger partial charge in [0.25, 0.3) is 5.91 Å². The predicted molar refractivity (Wildman–Crippen MR) is 99.9 cm³/mol. The molecule has 1 N–H and O–H groups in total. The van der Waals surface area contributed by atoms with E-state index in [-0.39, 0.29) is 19.8 Å². The van der Waals surface area contributed by atoms with Gasteiger partial charge in [-0.1, -0.05) is 12.1 Å². The highest BCUT2D eigenvalue weighted by molar-refractivity contribution is 5.94. The molecule has 0 aliphatic carbocycles. The molecule has 0 aliphatic rings. The monoisotopic (exact) mass is 407 g/mol. The third-order valence-electron chi connectivity index (χ3n) is 3.93. The number of carbonyl (C=O) groups excluding carboxylic acids is 1. The summed E-state index contributed by atoms with van der Waals surface area (Å²) in [5.41, 5.74) is 3.01. The van der Waals surface area contributed by atoms with Crippen molar-refractivity contribution in [3.05, 3.63) is 65.6 Å². The van der Waals surface area contributed by atoms with Crippen LogP contribution in [0.3, 0.4) is 0 Å². The fourth-order valence-corrected chi connectivity index (χ4v) is 2.64. The number of hydrogen-bond donors (Lipinski definition) is 1. The van der Waals surface area contributed by atoms with Crippen molar-refractivity contribution in [3.63, 3.8) is 0 Å². The molecule has 1 aromatic carbocycles. The quantitative estimate of drug-likeness (QED) is 0.581. The van der Waals surface area contributed by atoms with Crippen LogP contribution in [0.5, 0.6) is 5.75 Å². The molecule has 1 amide bonds. The van der Waals surface area contributed by atoms with Gasteiger partial charge in [0.2, 0.25) is 0 Å². The van der Waals surface area contributed by atoms with Crippen LogP contribution in [0.25, 0.3) is 5.65 Å². The Kier molecular flexibility index (Phi) is 6.38. The maximum atomic E-state index is 12.1. The summed E-state index contributed by atoms with van der Waals surface area (Å²) in [6, 6.07) is 10.4. The second-order valence-electron chi connectivity index (χ2n) is 6.44. The number of nitrogens with one attached hydrogen (secondary N) is 1. The van der Waals surface area contributed by atoms with E-state index in [2.05, 4.69) is 15.0 Å². The Morgan fingerprint density at radius 1 is 1.21 bits per heavy atom. The number of rotatable bonds is 8. The van der Waals surface area contributed by atoms with Gasteiger partial charge in [-0.15, -0.1) is 0 Å². The molecular weight excluding hydrogens is 387 g/mol. The van der Waals surface area contributed by atoms with Crippen molar-refractivity contribution in [3.8, 4) is 5.75 Å². The third-order valence-corrected chi connectivity index (χ3v) is 3.93. The van der Waals surface area contributed by atoms with Gasteiger partial charge in [0.15, 0.2) is 0 Å². The lowest BCUT2D eigenvalue weighted by Crippen LogP contribution is -2.28. The zero-order valence-corrected chi connectivity index (χ0v) is 15.7. The number of nitrogens with zero attached hydrogens (tertiary/aromatic N) is 2. The molecule has 0 fully saturated rings. The average Bonchev–Trinajstić information content (AvgIpc) is 3.07. The molecule has 0 unspecified atom stereocenters. The Morgan fingerprint density at radius 2 is 2.03 bits per heavy atom. The maximum Gasteiger partial charge on any atom is 0.411 e. The standard InChI is InChI=1S/C20H20F3N3O3/c1-14-5-6-18-25-16(11-26(18)10-14)12-29-17-4-2-3-15(9-17)19(27)24-7-8-28-13-20(21,22)23/h2-6,9-11H,7-8,12-13H2,1H3,(H,24,27). The van der Waals surface area contributed by atoms with Gasteiger partial charge >= 0.3 is 6.18 Å². The zero-order chi connectivity index (χ0) is 20.9. The molecule has 6 nitrogen and oxygen atoms in total. The maximum absolute atomic E-state index is 12.1. The van der Waals surface area contributed by atoms with Crippen molar-refractivity contribution in [1.29, 1.82) is 0 Å². The van der Waals surface area contributed by atoms with E-state index in [9.17, 15) is 18.0 Å². The molecule has 0 saturated carbocycles. The number of ether oxygens (including phenoxy) is 2. The molecule has 154 valence electrons. The molecule has 0 spiro atoms. The molecule has 0 radical (unpaired) electrons. The number of fused-ring (bicyclic) bond motifs is 1. The Morgan fingerprint density at radius 3 is 2.83 bits per heavy atom. The number of carbonyl (C=O) groups is 1. The van der Waals surface area contributed by atoms with Gasteiger partial charge < -0.3 is 19.2 Å². The minimum atomic E-state index is -4.38. The summed E-state index contributed by atoms with van der Waals surface area (Å²) < 4.78 is 48.1. The number of benzene rings is 1. The summed E-state index contributed by atoms with van der Waals surface area (Å²) in [5, 5.41) is 2.51. The van der Waals surface area contributed by atoms with Crippen molar-refractivity contribution in [2.24, 2.45) is 0 Å². The van der Waals surface area contributed by atoms with Crippen LogP contribution in [0, 0.1) is 6.92 Å². The summed E-state index contributed by atoms with van der Waals surface area (Å²) in [5.74, 6) is 0.0634. The molecule has 0 atom stereocenters. The predicted octanol–water partition coefficient (Wildman–Crippen LogP) is 3.53. The van der Waals surface area contributed by atoms with E-state index >= 15 is 0 Å². The molecule has 0 aliphatic heterocycles. The van der Waals surface area contributed by atoms with E-state index in [1.807, 2.05) is 35.9 Å². The molecule has 0 bridgehead atoms. The number of imidazole rings is 1. The first-order valence-electron chi connectivity index (χ1n) is 8.90. The first kappa shape index (κ1) is 20.7. The molecule has 2 heterocycles. The second kappa shape index (κ2) is 8.95. The van der Waals surface area contributed by atoms with Crippen molar-refractivity contribution < 1.29 is 27.4 Å². The van der Waals surface area contributed by atoms with Crippen molar-refractivity contribution >= 4 is 11.6 Å². The second-order valence-corrected chi connectivity index (χ2v) is 6.44. The summed E-state index contributed by atoms with van der Waals surface area (Å²) in [6.07, 6.45) is -0.537. The highest BCUT2D eigenvalue weighted by Gasteiger charge is 2.27. The Balaban J connectivity index is 1.51. The van der Waals surface area contributed by atoms with Gasteiger partial charge in [-0.3, -0.25) is 4.79 Å². The van der Waals surface area contributed by atoms with Crippen molar-refractivity contribution in [2.75, 3.05) is 19.8 Å². The van der Waals surface area contributed by atoms with Crippen molar-refractivity contribution in [1.82, 2.24) is 14.7 Å². The van der Waals surface area contributed by atoms with E-state index in [0.29, 0.717) is 11.3 Å². The van der Waals surface area contributed by atoms with Crippen LogP contribution in [-0.4, -0.2) is 41.2 Å². The minimum absolute atomic E-state index is 0.0271. The lowest BCUT2D eigenvalue weighted by atomic mass is 10.2. The van der Waals surface area contributed by atoms with Gasteiger partial charge in [0.1, 0.15) is 24.6 Å². The molecule has 3 rings (SSSR count). The van der Waals surface area contributed by atoms with Gasteiger partial charge in [-0.25, -0.2) is 4.98 Å². The van der Waals surface area contributed by atoms with Crippen LogP contribution in [0.2, 0.25) is 0 Å². The summed E-state index contributed by atoms with van der Waals surface area (Å²) >= 11 is 0. The number of halogens is 3. The minimum Gasteiger partial charge on any atom is -0.487 e. The molecule has 29 heavy (non-hydrogen) atoms. The van der Waals surface area contributed by atoms with E-state index < -0.39 is 18.7 Å². The summed E-state index contributed by atoms with van der Waals surface area (Å²) in [6.45, 7) is 0.635. The van der Waals surface area contributed by atoms with E-state index in [1.165, 1.54) is 0 Å². The van der Waals surface area contributed by atoms with Crippen LogP contribution in [0.15, 0.2) is 48.8 Å². The number of pyridine rings is 1. The molecular formula is C20H20F3N3O3. The Bertz CT molecular complexity index is 986. The highest BCUT2D eigenvalue weighted by atomic mass is 19.4. The van der Waals surface area contributed by atoms with E-state index in [1.54, 1.807) is 24.3 Å². The molecule has 9 heteroatoms. The van der Waals surface area contributed by atoms with E-state index in [0.717, 1.165) is 16.9 Å². The van der Waals surface area contributed by atoms with Crippen LogP contribution in [0.1, 0.15) is 21.6 Å². The van der Waals surface area contributed by atoms with Crippen LogP contribution in [-0.2, 0) is 11.3 Å². The summed E-state index contributed by atoms with van der Waals surface area (Å²) in [4.78, 5) is 16.6. The van der Waals surface area contributed by atoms with Gasteiger partial charge in [0.05, 0.1) is 12.3 Å². The van der Waals surface area contributed by atoms with Crippen LogP contribution < -0.4 is 10.1 Å². The van der Waals surface area contributed by atoms with Crippen LogP contribution >= 0.6 is 0 Å². The smallest absolute Gasteiger partial charge is 0.411 e. The number of hydrogen-bond acceptors (Lipinski definition) is 4. The number of aromatic nitrogens is 2. The van der Waals surface area contributed by atoms with Crippen LogP contribution in [0.4, 0.5) is 13.2 Å². The first-order valence-corrected chi connectivity index (χ1v) is 8.90. The topological polar surface area (TPSA) is 64.9 Å². The number of alkyl halides is 3. The SMILES string of the molecule is Cc1ccc2nc(COc3cccc(C(=O)NCCOCC(F)(F)F)c3)cn2c1. The largest absolute Gasteiger partial charge is 0.487 e. The lowest BCUT2D eigenvalue weighted by Gasteiger charge is -2.09. The number of aryl methyl sites for hydroxylation is 1. The lowest BCUT2D eigenvalue weighted by molar-refractivity contribution is -0.173. The summed E-state index contributed by atoms with van der Waals surface area (Å²) in [7, 11) is 0. The van der Waals surface area contributed by atoms with Gasteiger partial charge in [0, 0.05) is 24.5 Å². The normalized spacial score (nSPS) is 11.6. The van der Waals surface area contributed by atoms with Gasteiger partial charge in [-0.2, -0.15) is 13.2 Å². The molecule has 2 aromatic heterocycles. The fraction of sp³-hybridized carbons (Fsp3) is 0.300. The molecule has 3 aromatic rings. The average molecular weight is 407 g/mol. The van der Waals surface area contributed by atoms with Gasteiger partial charge in [-0.05, 0) is 36.8 Å². The zero-order valence-electron chi connectivity index (χ0n) is 15.7. The Labute approximate surface area is 165 Å².